The van der Waals surface area contributed by atoms with Crippen molar-refractivity contribution >= 4 is 25.8 Å². The summed E-state index contributed by atoms with van der Waals surface area (Å²) < 4.78 is 59.1. The molecule has 0 aliphatic heterocycles. The van der Waals surface area contributed by atoms with E-state index in [4.69, 9.17) is 4.74 Å². The number of carbonyl (C=O) groups excluding carboxylic acids is 1. The van der Waals surface area contributed by atoms with Crippen LogP contribution >= 0.6 is 0 Å². The number of hydrogen-bond donors (Lipinski definition) is 1. The van der Waals surface area contributed by atoms with Crippen molar-refractivity contribution in [1.82, 2.24) is 4.72 Å². The second-order valence-electron chi connectivity index (χ2n) is 7.75. The topological polar surface area (TPSA) is 107 Å². The number of sulfonamides is 1. The van der Waals surface area contributed by atoms with Crippen molar-refractivity contribution in [1.29, 1.82) is 0 Å². The Morgan fingerprint density at radius 1 is 0.935 bits per heavy atom. The zero-order valence-electron chi connectivity index (χ0n) is 19.1. The van der Waals surface area contributed by atoms with Gasteiger partial charge in [-0.2, -0.15) is 4.72 Å². The number of nitrogens with one attached hydrogen (secondary N) is 1. The van der Waals surface area contributed by atoms with Crippen molar-refractivity contribution in [3.8, 4) is 0 Å². The first-order valence-corrected chi connectivity index (χ1v) is 14.3. The van der Waals surface area contributed by atoms with Crippen LogP contribution in [-0.4, -0.2) is 46.5 Å². The fraction of sp³-hybridized carbons (Fsp3) is 0.682. The molecule has 0 saturated heterocycles. The van der Waals surface area contributed by atoms with Gasteiger partial charge in [-0.3, -0.25) is 4.79 Å². The van der Waals surface area contributed by atoms with Gasteiger partial charge in [-0.25, -0.2) is 16.8 Å². The summed E-state index contributed by atoms with van der Waals surface area (Å²) in [6.45, 7) is 7.19. The third kappa shape index (κ3) is 8.90. The number of carbonyl (C=O) groups is 1. The Labute approximate surface area is 187 Å². The van der Waals surface area contributed by atoms with E-state index >= 15 is 0 Å². The molecule has 178 valence electrons. The quantitative estimate of drug-likeness (QED) is 0.306. The Hall–Kier alpha value is -1.45. The highest BCUT2D eigenvalue weighted by atomic mass is 32.2. The molecule has 1 aromatic carbocycles. The maximum absolute atomic E-state index is 13.0. The molecule has 31 heavy (non-hydrogen) atoms. The van der Waals surface area contributed by atoms with Gasteiger partial charge in [0.1, 0.15) is 6.04 Å². The lowest BCUT2D eigenvalue weighted by Crippen LogP contribution is -2.52. The molecule has 0 fully saturated rings. The minimum Gasteiger partial charge on any atom is -0.465 e. The molecule has 0 aliphatic carbocycles. The molecule has 0 heterocycles. The van der Waals surface area contributed by atoms with Crippen LogP contribution in [0.5, 0.6) is 0 Å². The molecule has 0 aromatic heterocycles. The molecule has 0 saturated carbocycles. The van der Waals surface area contributed by atoms with Gasteiger partial charge in [-0.15, -0.1) is 0 Å². The summed E-state index contributed by atoms with van der Waals surface area (Å²) in [6.07, 6.45) is 5.63. The van der Waals surface area contributed by atoms with Crippen LogP contribution < -0.4 is 4.72 Å². The number of hydrogen-bond acceptors (Lipinski definition) is 6. The molecular formula is C22H37NO6S2. The fourth-order valence-electron chi connectivity index (χ4n) is 3.39. The van der Waals surface area contributed by atoms with E-state index in [1.807, 2.05) is 6.92 Å². The Morgan fingerprint density at radius 2 is 1.52 bits per heavy atom. The van der Waals surface area contributed by atoms with E-state index in [0.29, 0.717) is 6.42 Å². The maximum atomic E-state index is 13.0. The first-order valence-electron chi connectivity index (χ1n) is 11.1. The van der Waals surface area contributed by atoms with E-state index < -0.39 is 37.1 Å². The van der Waals surface area contributed by atoms with Gasteiger partial charge in [-0.05, 0) is 38.8 Å². The predicted octanol–water partition coefficient (Wildman–Crippen LogP) is 3.76. The normalized spacial score (nSPS) is 14.2. The number of benzene rings is 1. The minimum absolute atomic E-state index is 0.0233. The molecule has 0 unspecified atom stereocenters. The first-order chi connectivity index (χ1) is 14.6. The van der Waals surface area contributed by atoms with Gasteiger partial charge >= 0.3 is 5.97 Å². The van der Waals surface area contributed by atoms with Gasteiger partial charge in [0.2, 0.25) is 10.0 Å². The van der Waals surface area contributed by atoms with Crippen molar-refractivity contribution < 1.29 is 26.4 Å². The number of unbranched alkanes of at least 4 members (excludes halogenated alkanes) is 5. The zero-order valence-corrected chi connectivity index (χ0v) is 20.7. The number of sulfone groups is 1. The van der Waals surface area contributed by atoms with Crippen LogP contribution in [0, 0.1) is 6.92 Å². The molecule has 7 nitrogen and oxygen atoms in total. The number of aryl methyl sites for hydroxylation is 1. The maximum Gasteiger partial charge on any atom is 0.325 e. The van der Waals surface area contributed by atoms with E-state index in [2.05, 4.69) is 11.6 Å². The van der Waals surface area contributed by atoms with E-state index in [1.165, 1.54) is 12.1 Å². The van der Waals surface area contributed by atoms with Gasteiger partial charge in [0.15, 0.2) is 9.84 Å². The summed E-state index contributed by atoms with van der Waals surface area (Å²) >= 11 is 0. The van der Waals surface area contributed by atoms with Crippen LogP contribution in [0.2, 0.25) is 0 Å². The van der Waals surface area contributed by atoms with E-state index in [0.717, 1.165) is 37.7 Å². The van der Waals surface area contributed by atoms with Gasteiger partial charge in [0, 0.05) is 0 Å². The molecule has 0 spiro atoms. The largest absolute Gasteiger partial charge is 0.465 e. The zero-order chi connectivity index (χ0) is 23.5. The highest BCUT2D eigenvalue weighted by Gasteiger charge is 2.40. The molecule has 1 rings (SSSR count). The molecule has 1 aromatic rings. The van der Waals surface area contributed by atoms with E-state index in [-0.39, 0.29) is 23.7 Å². The van der Waals surface area contributed by atoms with Crippen molar-refractivity contribution in [3.05, 3.63) is 29.8 Å². The van der Waals surface area contributed by atoms with E-state index in [9.17, 15) is 21.6 Å². The van der Waals surface area contributed by atoms with Crippen LogP contribution in [0.4, 0.5) is 0 Å². The summed E-state index contributed by atoms with van der Waals surface area (Å²) in [6, 6.07) is 4.62. The molecular weight excluding hydrogens is 438 g/mol. The Balaban J connectivity index is 3.05. The SMILES string of the molecule is CCCCCCCCS(=O)(=O)[C@H](CC)[C@@H](NS(=O)(=O)c1ccc(C)cc1)C(=O)OCC. The fourth-order valence-corrected chi connectivity index (χ4v) is 6.71. The lowest BCUT2D eigenvalue weighted by Gasteiger charge is -2.25. The van der Waals surface area contributed by atoms with Crippen LogP contribution in [0.15, 0.2) is 29.2 Å². The Morgan fingerprint density at radius 3 is 2.06 bits per heavy atom. The smallest absolute Gasteiger partial charge is 0.325 e. The molecule has 2 atom stereocenters. The summed E-state index contributed by atoms with van der Waals surface area (Å²) in [5.74, 6) is -0.962. The summed E-state index contributed by atoms with van der Waals surface area (Å²) in [4.78, 5) is 12.6. The molecule has 9 heteroatoms. The van der Waals surface area contributed by atoms with Gasteiger partial charge in [-0.1, -0.05) is 63.6 Å². The average molecular weight is 476 g/mol. The summed E-state index contributed by atoms with van der Waals surface area (Å²) in [5, 5.41) is -1.19. The van der Waals surface area contributed by atoms with Crippen LogP contribution in [0.3, 0.4) is 0 Å². The van der Waals surface area contributed by atoms with E-state index in [1.54, 1.807) is 26.0 Å². The highest BCUT2D eigenvalue weighted by Crippen LogP contribution is 2.19. The Bertz CT molecular complexity index is 879. The lowest BCUT2D eigenvalue weighted by atomic mass is 10.1. The van der Waals surface area contributed by atoms with Crippen LogP contribution in [0.25, 0.3) is 0 Å². The third-order valence-corrected chi connectivity index (χ3v) is 9.01. The van der Waals surface area contributed by atoms with Crippen LogP contribution in [-0.2, 0) is 29.4 Å². The van der Waals surface area contributed by atoms with Crippen molar-refractivity contribution in [2.75, 3.05) is 12.4 Å². The van der Waals surface area contributed by atoms with Gasteiger partial charge in [0.25, 0.3) is 0 Å². The Kier molecular flexibility index (Phi) is 11.7. The number of esters is 1. The first kappa shape index (κ1) is 27.6. The number of rotatable bonds is 15. The number of ether oxygens (including phenoxy) is 1. The van der Waals surface area contributed by atoms with Gasteiger partial charge < -0.3 is 4.74 Å². The van der Waals surface area contributed by atoms with Crippen molar-refractivity contribution in [2.45, 2.75) is 88.8 Å². The van der Waals surface area contributed by atoms with Gasteiger partial charge in [0.05, 0.1) is 22.5 Å². The van der Waals surface area contributed by atoms with Crippen molar-refractivity contribution in [3.63, 3.8) is 0 Å². The molecule has 0 amide bonds. The second-order valence-corrected chi connectivity index (χ2v) is 11.8. The average Bonchev–Trinajstić information content (AvgIpc) is 2.70. The van der Waals surface area contributed by atoms with Crippen molar-refractivity contribution in [2.24, 2.45) is 0 Å². The third-order valence-electron chi connectivity index (χ3n) is 5.17. The second kappa shape index (κ2) is 13.2. The standard InChI is InChI=1S/C22H37NO6S2/c1-5-8-9-10-11-12-17-30(25,26)20(6-2)21(22(24)29-7-3)23-31(27,28)19-15-13-18(4)14-16-19/h13-16,20-21,23H,5-12,17H2,1-4H3/t20-,21-/m1/s1. The monoisotopic (exact) mass is 475 g/mol. The molecule has 0 bridgehead atoms. The summed E-state index contributed by atoms with van der Waals surface area (Å²) in [7, 11) is -7.82. The molecule has 1 N–H and O–H groups in total. The minimum atomic E-state index is -4.11. The van der Waals surface area contributed by atoms with Crippen LogP contribution in [0.1, 0.15) is 71.3 Å². The lowest BCUT2D eigenvalue weighted by molar-refractivity contribution is -0.145. The highest BCUT2D eigenvalue weighted by molar-refractivity contribution is 7.92. The molecule has 0 aliphatic rings. The summed E-state index contributed by atoms with van der Waals surface area (Å²) in [5.41, 5.74) is 0.883. The predicted molar refractivity (Wildman–Crippen MR) is 123 cm³/mol. The molecule has 0 radical (unpaired) electrons.